The summed E-state index contributed by atoms with van der Waals surface area (Å²) in [6.07, 6.45) is -2.30. The second kappa shape index (κ2) is 8.78. The summed E-state index contributed by atoms with van der Waals surface area (Å²) < 4.78 is 10.4. The van der Waals surface area contributed by atoms with Crippen molar-refractivity contribution >= 4 is 32.2 Å². The van der Waals surface area contributed by atoms with Crippen molar-refractivity contribution < 1.29 is 9.53 Å². The van der Waals surface area contributed by atoms with Gasteiger partial charge >= 0.3 is 5.97 Å². The van der Waals surface area contributed by atoms with E-state index in [1.807, 2.05) is 0 Å². The Morgan fingerprint density at radius 2 is 1.25 bits per heavy atom. The third-order valence-electron chi connectivity index (χ3n) is 6.44. The maximum absolute atomic E-state index is 13.0. The van der Waals surface area contributed by atoms with Gasteiger partial charge < -0.3 is 4.74 Å². The van der Waals surface area contributed by atoms with Crippen LogP contribution >= 0.6 is 6.34 Å². The molecule has 0 amide bonds. The lowest BCUT2D eigenvalue weighted by atomic mass is 10.3. The largest absolute Gasteiger partial charge is 0.469 e. The van der Waals surface area contributed by atoms with Crippen molar-refractivity contribution in [1.82, 2.24) is 9.34 Å². The van der Waals surface area contributed by atoms with Gasteiger partial charge in [0.2, 0.25) is 0 Å². The van der Waals surface area contributed by atoms with E-state index in [0.717, 1.165) is 0 Å². The number of carbonyl (C=O) groups is 1. The molecule has 28 heavy (non-hydrogen) atoms. The van der Waals surface area contributed by atoms with Gasteiger partial charge in [0, 0.05) is 28.9 Å². The molecule has 1 rings (SSSR count). The van der Waals surface area contributed by atoms with Gasteiger partial charge in [0.15, 0.2) is 0 Å². The van der Waals surface area contributed by atoms with E-state index in [2.05, 4.69) is 91.3 Å². The molecule has 4 nitrogen and oxygen atoms in total. The first kappa shape index (κ1) is 26.3. The average Bonchev–Trinajstić information content (AvgIpc) is 3.12. The zero-order valence-corrected chi connectivity index (χ0v) is 23.2. The number of hydrogen-bond acceptors (Lipinski definition) is 3. The van der Waals surface area contributed by atoms with E-state index in [0.29, 0.717) is 24.2 Å². The standard InChI is InChI=1S/C21H45N2O2PSSi/c1-14(2)22(15(3)4)26(27,23(16(5)6)17(7)8)21(28(11,12)13)18(9)19(21)20(24)25-10/h14-19H,1-13H3. The van der Waals surface area contributed by atoms with E-state index >= 15 is 0 Å². The van der Waals surface area contributed by atoms with Crippen LogP contribution in [0.5, 0.6) is 0 Å². The molecule has 0 aromatic carbocycles. The molecule has 1 aliphatic carbocycles. The molecular weight excluding hydrogens is 403 g/mol. The van der Waals surface area contributed by atoms with Crippen LogP contribution in [-0.4, -0.2) is 59.4 Å². The molecule has 0 aliphatic heterocycles. The maximum atomic E-state index is 13.0. The van der Waals surface area contributed by atoms with Gasteiger partial charge in [-0.15, -0.1) is 0 Å². The summed E-state index contributed by atoms with van der Waals surface area (Å²) in [5.41, 5.74) is 0. The summed E-state index contributed by atoms with van der Waals surface area (Å²) in [6, 6.07) is 1.30. The minimum atomic E-state index is -2.30. The molecule has 0 N–H and O–H groups in total. The van der Waals surface area contributed by atoms with Gasteiger partial charge in [-0.1, -0.05) is 38.4 Å². The van der Waals surface area contributed by atoms with Crippen molar-refractivity contribution in [2.75, 3.05) is 7.11 Å². The highest BCUT2D eigenvalue weighted by Gasteiger charge is 2.79. The fraction of sp³-hybridized carbons (Fsp3) is 0.952. The topological polar surface area (TPSA) is 32.8 Å². The van der Waals surface area contributed by atoms with Crippen molar-refractivity contribution in [3.05, 3.63) is 0 Å². The van der Waals surface area contributed by atoms with Crippen LogP contribution in [0.4, 0.5) is 0 Å². The molecule has 3 unspecified atom stereocenters. The van der Waals surface area contributed by atoms with Crippen LogP contribution in [0.15, 0.2) is 0 Å². The third kappa shape index (κ3) is 3.82. The molecule has 166 valence electrons. The van der Waals surface area contributed by atoms with Gasteiger partial charge in [0.1, 0.15) is 0 Å². The molecule has 0 heterocycles. The number of methoxy groups -OCH3 is 1. The van der Waals surface area contributed by atoms with Crippen LogP contribution in [0.25, 0.3) is 0 Å². The van der Waals surface area contributed by atoms with Crippen LogP contribution in [0.2, 0.25) is 19.6 Å². The normalized spacial score (nSPS) is 26.2. The monoisotopic (exact) mass is 448 g/mol. The van der Waals surface area contributed by atoms with Crippen LogP contribution in [0, 0.1) is 11.8 Å². The summed E-state index contributed by atoms with van der Waals surface area (Å²) >= 11 is 6.91. The van der Waals surface area contributed by atoms with Crippen molar-refractivity contribution in [1.29, 1.82) is 0 Å². The van der Waals surface area contributed by atoms with E-state index < -0.39 is 14.4 Å². The van der Waals surface area contributed by atoms with Gasteiger partial charge in [-0.05, 0) is 61.3 Å². The van der Waals surface area contributed by atoms with E-state index in [9.17, 15) is 4.79 Å². The Labute approximate surface area is 180 Å². The minimum Gasteiger partial charge on any atom is -0.469 e. The first-order valence-electron chi connectivity index (χ1n) is 10.8. The fourth-order valence-corrected chi connectivity index (χ4v) is 23.3. The number of esters is 1. The van der Waals surface area contributed by atoms with Crippen LogP contribution in [-0.2, 0) is 21.3 Å². The molecule has 7 heteroatoms. The Kier molecular flexibility index (Phi) is 8.25. The highest BCUT2D eigenvalue weighted by molar-refractivity contribution is 8.14. The fourth-order valence-electron chi connectivity index (χ4n) is 6.03. The van der Waals surface area contributed by atoms with Crippen LogP contribution < -0.4 is 0 Å². The number of hydrogen-bond donors (Lipinski definition) is 0. The molecule has 1 aliphatic rings. The first-order valence-corrected chi connectivity index (χ1v) is 17.0. The van der Waals surface area contributed by atoms with Crippen molar-refractivity contribution in [3.8, 4) is 0 Å². The molecule has 0 radical (unpaired) electrons. The lowest BCUT2D eigenvalue weighted by molar-refractivity contribution is -0.142. The van der Waals surface area contributed by atoms with E-state index in [1.54, 1.807) is 0 Å². The third-order valence-corrected chi connectivity index (χ3v) is 19.8. The number of ether oxygens (including phenoxy) is 1. The van der Waals surface area contributed by atoms with Gasteiger partial charge in [0.25, 0.3) is 0 Å². The van der Waals surface area contributed by atoms with Gasteiger partial charge in [-0.2, -0.15) is 0 Å². The molecule has 3 atom stereocenters. The second-order valence-electron chi connectivity index (χ2n) is 10.5. The lowest BCUT2D eigenvalue weighted by Crippen LogP contribution is -2.56. The molecule has 0 aromatic heterocycles. The average molecular weight is 449 g/mol. The molecule has 1 saturated carbocycles. The van der Waals surface area contributed by atoms with Gasteiger partial charge in [-0.3, -0.25) is 14.1 Å². The van der Waals surface area contributed by atoms with E-state index in [4.69, 9.17) is 16.5 Å². The van der Waals surface area contributed by atoms with Gasteiger partial charge in [0.05, 0.1) is 27.4 Å². The number of rotatable bonds is 9. The molecular formula is C21H45N2O2PSSi. The minimum absolute atomic E-state index is 0.0657. The Morgan fingerprint density at radius 1 is 0.929 bits per heavy atom. The summed E-state index contributed by atoms with van der Waals surface area (Å²) in [6.45, 7) is 27.6. The van der Waals surface area contributed by atoms with E-state index in [1.165, 1.54) is 7.11 Å². The Balaban J connectivity index is 3.99. The van der Waals surface area contributed by atoms with E-state index in [-0.39, 0.29) is 22.6 Å². The summed E-state index contributed by atoms with van der Waals surface area (Å²) in [4.78, 5) is 13.0. The first-order chi connectivity index (χ1) is 12.5. The smallest absolute Gasteiger partial charge is 0.309 e. The lowest BCUT2D eigenvalue weighted by Gasteiger charge is -2.57. The number of nitrogens with zero attached hydrogens (tertiary/aromatic N) is 2. The van der Waals surface area contributed by atoms with Crippen LogP contribution in [0.3, 0.4) is 0 Å². The highest BCUT2D eigenvalue weighted by atomic mass is 32.4. The summed E-state index contributed by atoms with van der Waals surface area (Å²) in [5, 5.41) is 0. The van der Waals surface area contributed by atoms with Gasteiger partial charge in [-0.25, -0.2) is 0 Å². The Hall–Kier alpha value is 0.257. The van der Waals surface area contributed by atoms with Crippen molar-refractivity contribution in [2.45, 2.75) is 111 Å². The molecule has 0 spiro atoms. The SMILES string of the molecule is COC(=O)C1C(C)C1([Si](C)(C)C)P(=S)(N(C(C)C)C(C)C)N(C(C)C)C(C)C. The van der Waals surface area contributed by atoms with Crippen molar-refractivity contribution in [3.63, 3.8) is 0 Å². The predicted molar refractivity (Wildman–Crippen MR) is 129 cm³/mol. The zero-order valence-electron chi connectivity index (χ0n) is 20.5. The maximum Gasteiger partial charge on any atom is 0.309 e. The zero-order chi connectivity index (χ0) is 22.4. The molecule has 0 saturated heterocycles. The highest BCUT2D eigenvalue weighted by Crippen LogP contribution is 2.82. The molecule has 0 bridgehead atoms. The summed E-state index contributed by atoms with van der Waals surface area (Å²) in [7, 11) is -0.337. The second-order valence-corrected chi connectivity index (χ2v) is 20.6. The quantitative estimate of drug-likeness (QED) is 0.261. The Bertz CT molecular complexity index is 578. The van der Waals surface area contributed by atoms with Crippen LogP contribution in [0.1, 0.15) is 62.3 Å². The Morgan fingerprint density at radius 3 is 1.46 bits per heavy atom. The summed E-state index contributed by atoms with van der Waals surface area (Å²) in [5.74, 6) is 0.108. The predicted octanol–water partition coefficient (Wildman–Crippen LogP) is 5.59. The number of carbonyl (C=O) groups excluding carboxylic acids is 1. The molecule has 1 fully saturated rings. The van der Waals surface area contributed by atoms with Crippen molar-refractivity contribution in [2.24, 2.45) is 11.8 Å². The molecule has 0 aromatic rings.